The highest BCUT2D eigenvalue weighted by Crippen LogP contribution is 2.43. The molecule has 0 aromatic carbocycles. The molecule has 0 saturated heterocycles. The zero-order chi connectivity index (χ0) is 14.8. The Hall–Kier alpha value is -2.76. The summed E-state index contributed by atoms with van der Waals surface area (Å²) in [6.45, 7) is 0.571. The fraction of sp³-hybridized carbons (Fsp3) is 0.250. The van der Waals surface area contributed by atoms with Gasteiger partial charge >= 0.3 is 0 Å². The van der Waals surface area contributed by atoms with E-state index in [-0.39, 0.29) is 0 Å². The van der Waals surface area contributed by atoms with Gasteiger partial charge in [0.2, 0.25) is 5.95 Å². The van der Waals surface area contributed by atoms with E-state index in [9.17, 15) is 0 Å². The molecule has 0 spiro atoms. The van der Waals surface area contributed by atoms with Crippen molar-refractivity contribution in [3.63, 3.8) is 0 Å². The molecule has 3 heterocycles. The summed E-state index contributed by atoms with van der Waals surface area (Å²) >= 11 is 0. The number of hydrogen-bond donors (Lipinski definition) is 1. The smallest absolute Gasteiger partial charge is 0.223 e. The topological polar surface area (TPSA) is 76.7 Å². The first-order valence-corrected chi connectivity index (χ1v) is 7.30. The van der Waals surface area contributed by atoms with Crippen molar-refractivity contribution >= 4 is 5.95 Å². The van der Waals surface area contributed by atoms with Gasteiger partial charge in [-0.25, -0.2) is 9.97 Å². The first-order chi connectivity index (χ1) is 10.9. The van der Waals surface area contributed by atoms with E-state index in [0.29, 0.717) is 18.4 Å². The van der Waals surface area contributed by atoms with Crippen LogP contribution >= 0.6 is 0 Å². The maximum atomic E-state index is 5.30. The molecular formula is C16H15N5O. The minimum atomic E-state index is 0.504. The van der Waals surface area contributed by atoms with Crippen molar-refractivity contribution in [3.05, 3.63) is 54.6 Å². The van der Waals surface area contributed by atoms with Crippen LogP contribution in [0.1, 0.15) is 30.2 Å². The molecule has 0 bridgehead atoms. The van der Waals surface area contributed by atoms with E-state index < -0.39 is 0 Å². The van der Waals surface area contributed by atoms with Gasteiger partial charge in [0.15, 0.2) is 0 Å². The van der Waals surface area contributed by atoms with Crippen molar-refractivity contribution in [3.8, 4) is 11.3 Å². The quantitative estimate of drug-likeness (QED) is 0.779. The molecule has 0 radical (unpaired) electrons. The van der Waals surface area contributed by atoms with Gasteiger partial charge in [0.25, 0.3) is 0 Å². The van der Waals surface area contributed by atoms with Gasteiger partial charge in [-0.05, 0) is 25.0 Å². The summed E-state index contributed by atoms with van der Waals surface area (Å²) in [6.07, 6.45) is 10.9. The zero-order valence-corrected chi connectivity index (χ0v) is 11.9. The van der Waals surface area contributed by atoms with Gasteiger partial charge in [0.1, 0.15) is 5.76 Å². The first-order valence-electron chi connectivity index (χ1n) is 7.30. The minimum Gasteiger partial charge on any atom is -0.467 e. The molecule has 1 fully saturated rings. The molecule has 6 nitrogen and oxygen atoms in total. The van der Waals surface area contributed by atoms with Crippen molar-refractivity contribution in [1.29, 1.82) is 0 Å². The van der Waals surface area contributed by atoms with E-state index in [4.69, 9.17) is 4.42 Å². The number of aromatic nitrogens is 4. The number of rotatable bonds is 5. The van der Waals surface area contributed by atoms with Gasteiger partial charge in [-0.15, -0.1) is 0 Å². The third-order valence-corrected chi connectivity index (χ3v) is 3.62. The third kappa shape index (κ3) is 2.67. The summed E-state index contributed by atoms with van der Waals surface area (Å²) in [7, 11) is 0. The number of furan rings is 1. The van der Waals surface area contributed by atoms with Crippen LogP contribution in [-0.2, 0) is 6.54 Å². The lowest BCUT2D eigenvalue weighted by molar-refractivity contribution is 0.517. The molecule has 1 saturated carbocycles. The van der Waals surface area contributed by atoms with E-state index in [2.05, 4.69) is 25.3 Å². The Kier molecular flexibility index (Phi) is 3.27. The van der Waals surface area contributed by atoms with Crippen LogP contribution < -0.4 is 5.32 Å². The van der Waals surface area contributed by atoms with Gasteiger partial charge in [-0.2, -0.15) is 0 Å². The molecule has 1 aliphatic carbocycles. The molecule has 22 heavy (non-hydrogen) atoms. The Labute approximate surface area is 127 Å². The summed E-state index contributed by atoms with van der Waals surface area (Å²) in [5, 5.41) is 3.20. The van der Waals surface area contributed by atoms with Gasteiger partial charge in [0, 0.05) is 30.1 Å². The van der Waals surface area contributed by atoms with E-state index >= 15 is 0 Å². The van der Waals surface area contributed by atoms with Crippen LogP contribution in [0.4, 0.5) is 5.95 Å². The summed E-state index contributed by atoms with van der Waals surface area (Å²) in [5.74, 6) is 1.98. The summed E-state index contributed by atoms with van der Waals surface area (Å²) < 4.78 is 5.30. The molecule has 110 valence electrons. The molecule has 3 aromatic rings. The van der Waals surface area contributed by atoms with Crippen LogP contribution in [0.5, 0.6) is 0 Å². The van der Waals surface area contributed by atoms with Gasteiger partial charge in [0.05, 0.1) is 30.4 Å². The molecule has 4 rings (SSSR count). The Bertz CT molecular complexity index is 753. The lowest BCUT2D eigenvalue weighted by Gasteiger charge is -2.09. The largest absolute Gasteiger partial charge is 0.467 e. The molecule has 3 aromatic heterocycles. The number of anilines is 1. The van der Waals surface area contributed by atoms with E-state index in [1.54, 1.807) is 24.9 Å². The van der Waals surface area contributed by atoms with Gasteiger partial charge in [-0.3, -0.25) is 9.97 Å². The lowest BCUT2D eigenvalue weighted by Crippen LogP contribution is -2.06. The second kappa shape index (κ2) is 5.55. The fourth-order valence-electron chi connectivity index (χ4n) is 2.36. The maximum absolute atomic E-state index is 5.30. The molecule has 1 aliphatic rings. The Morgan fingerprint density at radius 2 is 2.14 bits per heavy atom. The molecule has 0 aliphatic heterocycles. The van der Waals surface area contributed by atoms with Crippen molar-refractivity contribution < 1.29 is 4.42 Å². The van der Waals surface area contributed by atoms with Crippen molar-refractivity contribution in [2.75, 3.05) is 5.32 Å². The molecular weight excluding hydrogens is 278 g/mol. The van der Waals surface area contributed by atoms with E-state index in [1.807, 2.05) is 18.3 Å². The number of nitrogens with zero attached hydrogens (tertiary/aromatic N) is 4. The van der Waals surface area contributed by atoms with Crippen LogP contribution in [0.15, 0.2) is 47.6 Å². The summed E-state index contributed by atoms with van der Waals surface area (Å²) in [6, 6.07) is 3.79. The standard InChI is InChI=1S/C16H15N5O/c1-2-12(22-7-1)8-19-16-20-9-13(14-10-17-5-6-18-14)15(21-16)11-3-4-11/h1-2,5-7,9-11H,3-4,8H2,(H,19,20,21). The third-order valence-electron chi connectivity index (χ3n) is 3.62. The normalized spacial score (nSPS) is 14.0. The van der Waals surface area contributed by atoms with E-state index in [0.717, 1.165) is 22.7 Å². The van der Waals surface area contributed by atoms with Crippen LogP contribution in [0.3, 0.4) is 0 Å². The number of hydrogen-bond acceptors (Lipinski definition) is 6. The summed E-state index contributed by atoms with van der Waals surface area (Å²) in [4.78, 5) is 17.6. The zero-order valence-electron chi connectivity index (χ0n) is 11.9. The van der Waals surface area contributed by atoms with Gasteiger partial charge < -0.3 is 9.73 Å². The maximum Gasteiger partial charge on any atom is 0.223 e. The monoisotopic (exact) mass is 293 g/mol. The molecule has 0 atom stereocenters. The Balaban J connectivity index is 1.61. The SMILES string of the molecule is c1coc(CNc2ncc(-c3cnccn3)c(C3CC3)n2)c1. The van der Waals surface area contributed by atoms with E-state index in [1.165, 1.54) is 12.8 Å². The fourth-order valence-corrected chi connectivity index (χ4v) is 2.36. The predicted octanol–water partition coefficient (Wildman–Crippen LogP) is 3.02. The molecule has 1 N–H and O–H groups in total. The van der Waals surface area contributed by atoms with Crippen LogP contribution in [0.25, 0.3) is 11.3 Å². The van der Waals surface area contributed by atoms with Crippen LogP contribution in [0, 0.1) is 0 Å². The Morgan fingerprint density at radius 1 is 1.18 bits per heavy atom. The first kappa shape index (κ1) is 12.9. The van der Waals surface area contributed by atoms with Crippen molar-refractivity contribution in [1.82, 2.24) is 19.9 Å². The van der Waals surface area contributed by atoms with Crippen molar-refractivity contribution in [2.45, 2.75) is 25.3 Å². The highest BCUT2D eigenvalue weighted by Gasteiger charge is 2.29. The summed E-state index contributed by atoms with van der Waals surface area (Å²) in [5.41, 5.74) is 2.85. The lowest BCUT2D eigenvalue weighted by atomic mass is 10.1. The molecule has 0 amide bonds. The average Bonchev–Trinajstić information content (AvgIpc) is 3.29. The van der Waals surface area contributed by atoms with Crippen molar-refractivity contribution in [2.24, 2.45) is 0 Å². The second-order valence-corrected chi connectivity index (χ2v) is 5.29. The second-order valence-electron chi connectivity index (χ2n) is 5.29. The highest BCUT2D eigenvalue weighted by molar-refractivity contribution is 5.62. The molecule has 0 unspecified atom stereocenters. The Morgan fingerprint density at radius 3 is 2.86 bits per heavy atom. The average molecular weight is 293 g/mol. The molecule has 6 heteroatoms. The minimum absolute atomic E-state index is 0.504. The number of nitrogens with one attached hydrogen (secondary N) is 1. The predicted molar refractivity (Wildman–Crippen MR) is 81.1 cm³/mol. The van der Waals surface area contributed by atoms with Crippen LogP contribution in [0.2, 0.25) is 0 Å². The van der Waals surface area contributed by atoms with Crippen LogP contribution in [-0.4, -0.2) is 19.9 Å². The highest BCUT2D eigenvalue weighted by atomic mass is 16.3. The van der Waals surface area contributed by atoms with Gasteiger partial charge in [-0.1, -0.05) is 0 Å².